The van der Waals surface area contributed by atoms with Crippen LogP contribution in [-0.2, 0) is 21.4 Å². The topological polar surface area (TPSA) is 66.5 Å². The molecule has 1 N–H and O–H groups in total. The van der Waals surface area contributed by atoms with Crippen LogP contribution < -0.4 is 5.32 Å². The van der Waals surface area contributed by atoms with Crippen LogP contribution >= 0.6 is 23.2 Å². The third-order valence-electron chi connectivity index (χ3n) is 4.99. The zero-order chi connectivity index (χ0) is 23.5. The van der Waals surface area contributed by atoms with Crippen molar-refractivity contribution >= 4 is 44.8 Å². The van der Waals surface area contributed by atoms with Crippen LogP contribution in [0.25, 0.3) is 0 Å². The molecule has 0 aliphatic rings. The Labute approximate surface area is 199 Å². The summed E-state index contributed by atoms with van der Waals surface area (Å²) in [6, 6.07) is 17.1. The summed E-state index contributed by atoms with van der Waals surface area (Å²) >= 11 is 12.1. The van der Waals surface area contributed by atoms with Crippen molar-refractivity contribution in [1.29, 1.82) is 0 Å². The molecule has 0 atom stereocenters. The third kappa shape index (κ3) is 5.90. The van der Waals surface area contributed by atoms with E-state index in [1.807, 2.05) is 39.0 Å². The number of rotatable bonds is 7. The number of aryl methyl sites for hydroxylation is 3. The maximum Gasteiger partial charge on any atom is 0.243 e. The lowest BCUT2D eigenvalue weighted by atomic mass is 10.1. The summed E-state index contributed by atoms with van der Waals surface area (Å²) < 4.78 is 27.9. The lowest BCUT2D eigenvalue weighted by Crippen LogP contribution is -2.37. The Morgan fingerprint density at radius 3 is 2.19 bits per heavy atom. The summed E-state index contributed by atoms with van der Waals surface area (Å²) in [6.45, 7) is 5.29. The van der Waals surface area contributed by atoms with Crippen LogP contribution in [0.4, 0.5) is 5.69 Å². The summed E-state index contributed by atoms with van der Waals surface area (Å²) in [5.41, 5.74) is 4.09. The maximum absolute atomic E-state index is 13.4. The molecule has 0 aliphatic heterocycles. The molecular weight excluding hydrogens is 467 g/mol. The van der Waals surface area contributed by atoms with Crippen LogP contribution in [0.1, 0.15) is 22.3 Å². The minimum absolute atomic E-state index is 0.0344. The van der Waals surface area contributed by atoms with E-state index in [1.54, 1.807) is 30.3 Å². The standard InChI is InChI=1S/C24H24Cl2N2O3S/c1-16-5-9-20(10-6-16)32(30,31)28(14-19-8-11-21(25)22(26)13-19)15-24(29)27-23-12-17(2)4-7-18(23)3/h4-13H,14-15H2,1-3H3,(H,27,29). The van der Waals surface area contributed by atoms with Crippen LogP contribution in [0.2, 0.25) is 10.0 Å². The first-order valence-corrected chi connectivity index (χ1v) is 12.1. The number of sulfonamides is 1. The summed E-state index contributed by atoms with van der Waals surface area (Å²) in [5.74, 6) is -0.436. The number of carbonyl (C=O) groups excluding carboxylic acids is 1. The molecule has 168 valence electrons. The van der Waals surface area contributed by atoms with E-state index in [9.17, 15) is 13.2 Å². The zero-order valence-electron chi connectivity index (χ0n) is 18.0. The van der Waals surface area contributed by atoms with E-state index in [0.717, 1.165) is 21.0 Å². The number of anilines is 1. The average Bonchev–Trinajstić information content (AvgIpc) is 2.73. The predicted molar refractivity (Wildman–Crippen MR) is 130 cm³/mol. The molecule has 32 heavy (non-hydrogen) atoms. The van der Waals surface area contributed by atoms with Crippen LogP contribution in [0.5, 0.6) is 0 Å². The van der Waals surface area contributed by atoms with E-state index >= 15 is 0 Å². The van der Waals surface area contributed by atoms with Gasteiger partial charge in [0.2, 0.25) is 15.9 Å². The highest BCUT2D eigenvalue weighted by molar-refractivity contribution is 7.89. The first-order valence-electron chi connectivity index (χ1n) is 9.94. The largest absolute Gasteiger partial charge is 0.325 e. The minimum atomic E-state index is -3.95. The minimum Gasteiger partial charge on any atom is -0.325 e. The molecule has 0 heterocycles. The van der Waals surface area contributed by atoms with Crippen molar-refractivity contribution in [3.8, 4) is 0 Å². The van der Waals surface area contributed by atoms with Gasteiger partial charge in [-0.3, -0.25) is 4.79 Å². The monoisotopic (exact) mass is 490 g/mol. The maximum atomic E-state index is 13.4. The highest BCUT2D eigenvalue weighted by Crippen LogP contribution is 2.25. The van der Waals surface area contributed by atoms with E-state index in [0.29, 0.717) is 21.3 Å². The van der Waals surface area contributed by atoms with Crippen LogP contribution in [0, 0.1) is 20.8 Å². The fourth-order valence-corrected chi connectivity index (χ4v) is 4.85. The Balaban J connectivity index is 1.92. The number of hydrogen-bond acceptors (Lipinski definition) is 3. The number of nitrogens with zero attached hydrogens (tertiary/aromatic N) is 1. The van der Waals surface area contributed by atoms with Crippen molar-refractivity contribution < 1.29 is 13.2 Å². The molecule has 3 aromatic rings. The van der Waals surface area contributed by atoms with E-state index in [4.69, 9.17) is 23.2 Å². The first-order chi connectivity index (χ1) is 15.1. The van der Waals surface area contributed by atoms with Crippen molar-refractivity contribution in [3.05, 3.63) is 93.0 Å². The fraction of sp³-hybridized carbons (Fsp3) is 0.208. The van der Waals surface area contributed by atoms with Gasteiger partial charge >= 0.3 is 0 Å². The van der Waals surface area contributed by atoms with Gasteiger partial charge in [0.1, 0.15) is 0 Å². The molecule has 8 heteroatoms. The van der Waals surface area contributed by atoms with Crippen LogP contribution in [0.15, 0.2) is 65.6 Å². The first kappa shape index (κ1) is 24.3. The summed E-state index contributed by atoms with van der Waals surface area (Å²) in [6.07, 6.45) is 0. The molecule has 0 bridgehead atoms. The lowest BCUT2D eigenvalue weighted by molar-refractivity contribution is -0.116. The van der Waals surface area contributed by atoms with Gasteiger partial charge in [0, 0.05) is 12.2 Å². The lowest BCUT2D eigenvalue weighted by Gasteiger charge is -2.22. The summed E-state index contributed by atoms with van der Waals surface area (Å²) in [7, 11) is -3.95. The number of carbonyl (C=O) groups is 1. The fourth-order valence-electron chi connectivity index (χ4n) is 3.15. The quantitative estimate of drug-likeness (QED) is 0.458. The molecule has 3 aromatic carbocycles. The second kappa shape index (κ2) is 10.0. The molecule has 0 aliphatic carbocycles. The average molecular weight is 491 g/mol. The molecule has 0 spiro atoms. The van der Waals surface area contributed by atoms with Gasteiger partial charge in [0.25, 0.3) is 0 Å². The van der Waals surface area contributed by atoms with E-state index in [-0.39, 0.29) is 18.0 Å². The summed E-state index contributed by atoms with van der Waals surface area (Å²) in [4.78, 5) is 13.0. The van der Waals surface area contributed by atoms with E-state index in [2.05, 4.69) is 5.32 Å². The van der Waals surface area contributed by atoms with Crippen molar-refractivity contribution in [2.75, 3.05) is 11.9 Å². The Morgan fingerprint density at radius 1 is 0.875 bits per heavy atom. The molecule has 0 radical (unpaired) electrons. The second-order valence-electron chi connectivity index (χ2n) is 7.70. The molecule has 5 nitrogen and oxygen atoms in total. The molecule has 0 aromatic heterocycles. The Morgan fingerprint density at radius 2 is 1.53 bits per heavy atom. The molecule has 0 saturated heterocycles. The molecule has 1 amide bonds. The number of nitrogens with one attached hydrogen (secondary N) is 1. The number of amides is 1. The van der Waals surface area contributed by atoms with Crippen LogP contribution in [-0.4, -0.2) is 25.2 Å². The predicted octanol–water partition coefficient (Wildman–Crippen LogP) is 5.75. The van der Waals surface area contributed by atoms with Gasteiger partial charge in [0.05, 0.1) is 21.5 Å². The third-order valence-corrected chi connectivity index (χ3v) is 7.53. The Hall–Kier alpha value is -2.38. The van der Waals surface area contributed by atoms with Gasteiger partial charge in [-0.25, -0.2) is 8.42 Å². The molecule has 0 unspecified atom stereocenters. The van der Waals surface area contributed by atoms with Gasteiger partial charge in [-0.05, 0) is 67.8 Å². The SMILES string of the molecule is Cc1ccc(S(=O)(=O)N(CC(=O)Nc2cc(C)ccc2C)Cc2ccc(Cl)c(Cl)c2)cc1. The highest BCUT2D eigenvalue weighted by atomic mass is 35.5. The normalized spacial score (nSPS) is 11.6. The van der Waals surface area contributed by atoms with Gasteiger partial charge < -0.3 is 5.32 Å². The van der Waals surface area contributed by atoms with Crippen molar-refractivity contribution in [2.45, 2.75) is 32.2 Å². The van der Waals surface area contributed by atoms with E-state index < -0.39 is 15.9 Å². The number of halogens is 2. The van der Waals surface area contributed by atoms with Gasteiger partial charge in [-0.2, -0.15) is 4.31 Å². The van der Waals surface area contributed by atoms with Crippen molar-refractivity contribution in [3.63, 3.8) is 0 Å². The summed E-state index contributed by atoms with van der Waals surface area (Å²) in [5, 5.41) is 3.52. The smallest absolute Gasteiger partial charge is 0.243 e. The second-order valence-corrected chi connectivity index (χ2v) is 10.5. The van der Waals surface area contributed by atoms with Crippen molar-refractivity contribution in [1.82, 2.24) is 4.31 Å². The number of hydrogen-bond donors (Lipinski definition) is 1. The molecule has 0 fully saturated rings. The molecular formula is C24H24Cl2N2O3S. The Kier molecular flexibility index (Phi) is 7.62. The van der Waals surface area contributed by atoms with Gasteiger partial charge in [-0.1, -0.05) is 59.1 Å². The van der Waals surface area contributed by atoms with E-state index in [1.165, 1.54) is 12.1 Å². The Bertz CT molecular complexity index is 1240. The van der Waals surface area contributed by atoms with Crippen molar-refractivity contribution in [2.24, 2.45) is 0 Å². The van der Waals surface area contributed by atoms with Crippen LogP contribution in [0.3, 0.4) is 0 Å². The van der Waals surface area contributed by atoms with Gasteiger partial charge in [-0.15, -0.1) is 0 Å². The van der Waals surface area contributed by atoms with Gasteiger partial charge in [0.15, 0.2) is 0 Å². The zero-order valence-corrected chi connectivity index (χ0v) is 20.4. The highest BCUT2D eigenvalue weighted by Gasteiger charge is 2.27. The molecule has 0 saturated carbocycles. The molecule has 3 rings (SSSR count). The number of benzene rings is 3.